The Balaban J connectivity index is 2.54. The largest absolute Gasteiger partial charge is 0.506 e. The first-order valence-electron chi connectivity index (χ1n) is 4.97. The summed E-state index contributed by atoms with van der Waals surface area (Å²) in [5.74, 6) is -1.06. The summed E-state index contributed by atoms with van der Waals surface area (Å²) in [6.45, 7) is 1.63. The van der Waals surface area contributed by atoms with Gasteiger partial charge in [-0.3, -0.25) is 0 Å². The van der Waals surface area contributed by atoms with E-state index in [1.807, 2.05) is 6.07 Å². The molecule has 18 heavy (non-hydrogen) atoms. The van der Waals surface area contributed by atoms with Crippen LogP contribution in [0.2, 0.25) is 0 Å². The number of hydrogen-bond acceptors (Lipinski definition) is 5. The molecule has 0 atom stereocenters. The van der Waals surface area contributed by atoms with Crippen molar-refractivity contribution in [2.75, 3.05) is 0 Å². The van der Waals surface area contributed by atoms with E-state index in [0.29, 0.717) is 11.1 Å². The molecule has 0 saturated carbocycles. The van der Waals surface area contributed by atoms with Gasteiger partial charge in [-0.15, -0.1) is 0 Å². The normalized spacial score (nSPS) is 10.0. The fraction of sp³-hybridized carbons (Fsp3) is 0.0833. The predicted molar refractivity (Wildman–Crippen MR) is 60.0 cm³/mol. The van der Waals surface area contributed by atoms with Crippen LogP contribution in [0.15, 0.2) is 22.7 Å². The van der Waals surface area contributed by atoms with Crippen LogP contribution in [0.3, 0.4) is 0 Å². The zero-order valence-electron chi connectivity index (χ0n) is 9.34. The van der Waals surface area contributed by atoms with Crippen LogP contribution in [0.1, 0.15) is 21.6 Å². The molecule has 1 heterocycles. The minimum atomic E-state index is -1.19. The molecule has 6 nitrogen and oxygen atoms in total. The molecule has 0 spiro atoms. The highest BCUT2D eigenvalue weighted by molar-refractivity contribution is 5.86. The van der Waals surface area contributed by atoms with Crippen LogP contribution in [0.4, 0.5) is 0 Å². The predicted octanol–water partition coefficient (Wildman–Crippen LogP) is 1.93. The van der Waals surface area contributed by atoms with Crippen molar-refractivity contribution in [3.63, 3.8) is 0 Å². The van der Waals surface area contributed by atoms with E-state index in [1.165, 1.54) is 12.1 Å². The maximum Gasteiger partial charge on any atom is 0.358 e. The van der Waals surface area contributed by atoms with Crippen LogP contribution < -0.4 is 0 Å². The molecular weight excluding hydrogens is 236 g/mol. The molecule has 0 fully saturated rings. The third kappa shape index (κ3) is 1.89. The van der Waals surface area contributed by atoms with E-state index < -0.39 is 5.97 Å². The molecule has 1 aromatic carbocycles. The Kier molecular flexibility index (Phi) is 2.73. The van der Waals surface area contributed by atoms with Gasteiger partial charge in [0.2, 0.25) is 0 Å². The third-order valence-corrected chi connectivity index (χ3v) is 2.43. The summed E-state index contributed by atoms with van der Waals surface area (Å²) in [7, 11) is 0. The molecule has 6 heteroatoms. The highest BCUT2D eigenvalue weighted by Gasteiger charge is 2.14. The van der Waals surface area contributed by atoms with Crippen molar-refractivity contribution in [2.45, 2.75) is 6.92 Å². The van der Waals surface area contributed by atoms with E-state index in [9.17, 15) is 9.90 Å². The number of benzene rings is 1. The number of phenolic OH excluding ortho intramolecular Hbond substituents is 1. The van der Waals surface area contributed by atoms with Crippen molar-refractivity contribution in [1.29, 1.82) is 5.26 Å². The lowest BCUT2D eigenvalue weighted by atomic mass is 10.0. The van der Waals surface area contributed by atoms with Gasteiger partial charge in [-0.05, 0) is 24.6 Å². The third-order valence-electron chi connectivity index (χ3n) is 2.43. The maximum absolute atomic E-state index is 10.7. The minimum absolute atomic E-state index is 0.0956. The molecule has 0 amide bonds. The summed E-state index contributed by atoms with van der Waals surface area (Å²) in [5, 5.41) is 30.6. The van der Waals surface area contributed by atoms with Crippen LogP contribution in [-0.2, 0) is 0 Å². The van der Waals surface area contributed by atoms with Crippen molar-refractivity contribution in [3.8, 4) is 23.1 Å². The molecule has 0 unspecified atom stereocenters. The molecule has 0 radical (unpaired) electrons. The zero-order valence-corrected chi connectivity index (χ0v) is 9.34. The Morgan fingerprint density at radius 3 is 2.72 bits per heavy atom. The van der Waals surface area contributed by atoms with E-state index in [1.54, 1.807) is 13.0 Å². The Bertz CT molecular complexity index is 667. The summed E-state index contributed by atoms with van der Waals surface area (Å²) >= 11 is 0. The molecule has 0 aliphatic rings. The van der Waals surface area contributed by atoms with Crippen LogP contribution >= 0.6 is 0 Å². The molecule has 90 valence electrons. The average Bonchev–Trinajstić information content (AvgIpc) is 2.82. The zero-order chi connectivity index (χ0) is 13.3. The standard InChI is InChI=1S/C12H8N2O4/c1-6-2-7(3-8(5-13)11(6)15)10-4-9(12(16)17)14-18-10/h2-4,15H,1H3,(H,16,17). The quantitative estimate of drug-likeness (QED) is 0.835. The number of rotatable bonds is 2. The van der Waals surface area contributed by atoms with Crippen LogP contribution in [0.25, 0.3) is 11.3 Å². The number of carbonyl (C=O) groups is 1. The first kappa shape index (κ1) is 11.7. The highest BCUT2D eigenvalue weighted by atomic mass is 16.5. The molecule has 0 saturated heterocycles. The van der Waals surface area contributed by atoms with Crippen molar-refractivity contribution < 1.29 is 19.5 Å². The van der Waals surface area contributed by atoms with Crippen molar-refractivity contribution >= 4 is 5.97 Å². The molecule has 2 N–H and O–H groups in total. The van der Waals surface area contributed by atoms with Crippen LogP contribution in [-0.4, -0.2) is 21.3 Å². The van der Waals surface area contributed by atoms with Crippen LogP contribution in [0, 0.1) is 18.3 Å². The number of carboxylic acid groups (broad SMARTS) is 1. The first-order chi connectivity index (χ1) is 8.52. The van der Waals surface area contributed by atoms with Gasteiger partial charge >= 0.3 is 5.97 Å². The Morgan fingerprint density at radius 2 is 2.17 bits per heavy atom. The second kappa shape index (κ2) is 4.22. The highest BCUT2D eigenvalue weighted by Crippen LogP contribution is 2.29. The van der Waals surface area contributed by atoms with Gasteiger partial charge in [0.15, 0.2) is 11.5 Å². The number of phenols is 1. The van der Waals surface area contributed by atoms with Crippen LogP contribution in [0.5, 0.6) is 5.75 Å². The van der Waals surface area contributed by atoms with Crippen molar-refractivity contribution in [2.24, 2.45) is 0 Å². The van der Waals surface area contributed by atoms with Gasteiger partial charge in [-0.2, -0.15) is 5.26 Å². The topological polar surface area (TPSA) is 107 Å². The van der Waals surface area contributed by atoms with E-state index in [0.717, 1.165) is 0 Å². The average molecular weight is 244 g/mol. The first-order valence-corrected chi connectivity index (χ1v) is 4.97. The van der Waals surface area contributed by atoms with Crippen molar-refractivity contribution in [3.05, 3.63) is 35.0 Å². The number of nitrogens with zero attached hydrogens (tertiary/aromatic N) is 2. The second-order valence-electron chi connectivity index (χ2n) is 3.68. The molecule has 2 aromatic rings. The lowest BCUT2D eigenvalue weighted by molar-refractivity contribution is 0.0686. The number of aryl methyl sites for hydroxylation is 1. The van der Waals surface area contributed by atoms with E-state index in [4.69, 9.17) is 14.9 Å². The lowest BCUT2D eigenvalue weighted by Crippen LogP contribution is -1.94. The van der Waals surface area contributed by atoms with Gasteiger partial charge in [-0.1, -0.05) is 5.16 Å². The van der Waals surface area contributed by atoms with Crippen molar-refractivity contribution in [1.82, 2.24) is 5.16 Å². The van der Waals surface area contributed by atoms with E-state index in [-0.39, 0.29) is 22.8 Å². The molecule has 0 aliphatic carbocycles. The molecule has 2 rings (SSSR count). The van der Waals surface area contributed by atoms with E-state index in [2.05, 4.69) is 5.16 Å². The Labute approximate surface area is 102 Å². The summed E-state index contributed by atoms with van der Waals surface area (Å²) in [4.78, 5) is 10.7. The minimum Gasteiger partial charge on any atom is -0.506 e. The Morgan fingerprint density at radius 1 is 1.44 bits per heavy atom. The van der Waals surface area contributed by atoms with Gasteiger partial charge in [0.25, 0.3) is 0 Å². The number of aromatic nitrogens is 1. The van der Waals surface area contributed by atoms with Gasteiger partial charge in [-0.25, -0.2) is 4.79 Å². The second-order valence-corrected chi connectivity index (χ2v) is 3.68. The summed E-state index contributed by atoms with van der Waals surface area (Å²) in [6.07, 6.45) is 0. The summed E-state index contributed by atoms with van der Waals surface area (Å²) in [6, 6.07) is 6.10. The fourth-order valence-electron chi connectivity index (χ4n) is 1.52. The summed E-state index contributed by atoms with van der Waals surface area (Å²) in [5.41, 5.74) is 0.867. The number of carboxylic acids is 1. The lowest BCUT2D eigenvalue weighted by Gasteiger charge is -2.03. The number of aromatic hydroxyl groups is 1. The molecule has 0 bridgehead atoms. The number of hydrogen-bond donors (Lipinski definition) is 2. The fourth-order valence-corrected chi connectivity index (χ4v) is 1.52. The monoisotopic (exact) mass is 244 g/mol. The SMILES string of the molecule is Cc1cc(-c2cc(C(=O)O)no2)cc(C#N)c1O. The molecular formula is C12H8N2O4. The summed E-state index contributed by atoms with van der Waals surface area (Å²) < 4.78 is 4.88. The maximum atomic E-state index is 10.7. The molecule has 1 aromatic heterocycles. The van der Waals surface area contributed by atoms with E-state index >= 15 is 0 Å². The smallest absolute Gasteiger partial charge is 0.358 e. The molecule has 0 aliphatic heterocycles. The van der Waals surface area contributed by atoms with Gasteiger partial charge in [0, 0.05) is 11.6 Å². The number of aromatic carboxylic acids is 1. The Hall–Kier alpha value is -2.81. The van der Waals surface area contributed by atoms with Gasteiger partial charge in [0.05, 0.1) is 5.56 Å². The number of nitriles is 1. The van der Waals surface area contributed by atoms with Gasteiger partial charge < -0.3 is 14.7 Å². The van der Waals surface area contributed by atoms with Gasteiger partial charge in [0.1, 0.15) is 11.8 Å².